The number of hydrogen-bond acceptors (Lipinski definition) is 5. The number of benzene rings is 1. The first-order valence-corrected chi connectivity index (χ1v) is 8.22. The third-order valence-electron chi connectivity index (χ3n) is 2.86. The molecule has 0 amide bonds. The van der Waals surface area contributed by atoms with E-state index >= 15 is 0 Å². The van der Waals surface area contributed by atoms with Gasteiger partial charge in [0.15, 0.2) is 0 Å². The predicted octanol–water partition coefficient (Wildman–Crippen LogP) is 1.10. The smallest absolute Gasteiger partial charge is 0.245 e. The highest BCUT2D eigenvalue weighted by Gasteiger charge is 2.30. The Balaban J connectivity index is 2.35. The van der Waals surface area contributed by atoms with Crippen LogP contribution in [0.15, 0.2) is 29.2 Å². The lowest BCUT2D eigenvalue weighted by atomic mass is 10.3. The Morgan fingerprint density at radius 1 is 1.44 bits per heavy atom. The van der Waals surface area contributed by atoms with E-state index in [0.29, 0.717) is 24.0 Å². The van der Waals surface area contributed by atoms with E-state index in [1.54, 1.807) is 36.0 Å². The van der Waals surface area contributed by atoms with Crippen molar-refractivity contribution in [2.24, 2.45) is 5.84 Å². The van der Waals surface area contributed by atoms with Crippen LogP contribution in [0.3, 0.4) is 0 Å². The molecule has 18 heavy (non-hydrogen) atoms. The second kappa shape index (κ2) is 5.48. The standard InChI is InChI=1S/C11H17N3O2S2/c1-9-8-14(6-7-17-9)18(15,16)11-5-3-2-4-10(11)13-12/h2-5,9,13H,6-8,12H2,1H3. The number of sulfonamides is 1. The highest BCUT2D eigenvalue weighted by atomic mass is 32.2. The van der Waals surface area contributed by atoms with Gasteiger partial charge in [-0.2, -0.15) is 16.1 Å². The molecule has 3 N–H and O–H groups in total. The number of thioether (sulfide) groups is 1. The summed E-state index contributed by atoms with van der Waals surface area (Å²) < 4.78 is 26.6. The highest BCUT2D eigenvalue weighted by molar-refractivity contribution is 8.00. The van der Waals surface area contributed by atoms with E-state index < -0.39 is 10.0 Å². The van der Waals surface area contributed by atoms with E-state index in [1.165, 1.54) is 4.31 Å². The van der Waals surface area contributed by atoms with Gasteiger partial charge in [0.2, 0.25) is 10.0 Å². The SMILES string of the molecule is CC1CN(S(=O)(=O)c2ccccc2NN)CCS1. The number of nitrogens with one attached hydrogen (secondary N) is 1. The first-order valence-electron chi connectivity index (χ1n) is 5.73. The molecule has 1 heterocycles. The number of rotatable bonds is 3. The van der Waals surface area contributed by atoms with Gasteiger partial charge in [-0.1, -0.05) is 19.1 Å². The molecule has 5 nitrogen and oxygen atoms in total. The van der Waals surface area contributed by atoms with Crippen molar-refractivity contribution in [3.05, 3.63) is 24.3 Å². The summed E-state index contributed by atoms with van der Waals surface area (Å²) in [6.45, 7) is 3.14. The van der Waals surface area contributed by atoms with Crippen molar-refractivity contribution in [3.63, 3.8) is 0 Å². The Morgan fingerprint density at radius 2 is 2.17 bits per heavy atom. The van der Waals surface area contributed by atoms with Crippen LogP contribution in [-0.2, 0) is 10.0 Å². The average molecular weight is 287 g/mol. The lowest BCUT2D eigenvalue weighted by Crippen LogP contribution is -2.41. The molecule has 1 fully saturated rings. The van der Waals surface area contributed by atoms with E-state index in [0.717, 1.165) is 5.75 Å². The van der Waals surface area contributed by atoms with E-state index in [9.17, 15) is 8.42 Å². The Labute approximate surface area is 112 Å². The van der Waals surface area contributed by atoms with Gasteiger partial charge in [-0.3, -0.25) is 5.84 Å². The minimum Gasteiger partial charge on any atom is -0.323 e. The molecule has 1 aliphatic rings. The number of hydrogen-bond donors (Lipinski definition) is 2. The third kappa shape index (κ3) is 2.64. The van der Waals surface area contributed by atoms with Gasteiger partial charge in [0.1, 0.15) is 4.90 Å². The van der Waals surface area contributed by atoms with Crippen LogP contribution in [0.25, 0.3) is 0 Å². The van der Waals surface area contributed by atoms with E-state index in [2.05, 4.69) is 5.43 Å². The number of hydrazine groups is 1. The Hall–Kier alpha value is -0.760. The maximum atomic E-state index is 12.5. The van der Waals surface area contributed by atoms with E-state index in [4.69, 9.17) is 5.84 Å². The summed E-state index contributed by atoms with van der Waals surface area (Å²) in [5.74, 6) is 6.20. The molecule has 1 aromatic rings. The zero-order chi connectivity index (χ0) is 13.2. The lowest BCUT2D eigenvalue weighted by Gasteiger charge is -2.30. The summed E-state index contributed by atoms with van der Waals surface area (Å²) in [6.07, 6.45) is 0. The molecule has 2 rings (SSSR count). The third-order valence-corrected chi connectivity index (χ3v) is 5.92. The first-order chi connectivity index (χ1) is 8.55. The number of nitrogens with two attached hydrogens (primary N) is 1. The van der Waals surface area contributed by atoms with Crippen LogP contribution in [0.4, 0.5) is 5.69 Å². The van der Waals surface area contributed by atoms with Gasteiger partial charge in [-0.15, -0.1) is 0 Å². The summed E-state index contributed by atoms with van der Waals surface area (Å²) in [5.41, 5.74) is 2.87. The fourth-order valence-corrected chi connectivity index (χ4v) is 4.86. The highest BCUT2D eigenvalue weighted by Crippen LogP contribution is 2.27. The Morgan fingerprint density at radius 3 is 2.83 bits per heavy atom. The van der Waals surface area contributed by atoms with Crippen molar-refractivity contribution in [2.75, 3.05) is 24.3 Å². The fraction of sp³-hybridized carbons (Fsp3) is 0.455. The predicted molar refractivity (Wildman–Crippen MR) is 74.9 cm³/mol. The van der Waals surface area contributed by atoms with Crippen molar-refractivity contribution < 1.29 is 8.42 Å². The van der Waals surface area contributed by atoms with Gasteiger partial charge in [0.25, 0.3) is 0 Å². The second-order valence-electron chi connectivity index (χ2n) is 4.18. The number of nitrogen functional groups attached to an aromatic ring is 1. The molecule has 1 aliphatic heterocycles. The molecule has 0 bridgehead atoms. The molecule has 1 unspecified atom stereocenters. The van der Waals surface area contributed by atoms with Gasteiger partial charge in [0, 0.05) is 24.1 Å². The minimum atomic E-state index is -3.46. The molecule has 1 aromatic carbocycles. The molecule has 0 radical (unpaired) electrons. The van der Waals surface area contributed by atoms with E-state index in [-0.39, 0.29) is 4.90 Å². The first kappa shape index (κ1) is 13.7. The van der Waals surface area contributed by atoms with Crippen molar-refractivity contribution in [1.29, 1.82) is 0 Å². The van der Waals surface area contributed by atoms with Crippen molar-refractivity contribution >= 4 is 27.5 Å². The Kier molecular flexibility index (Phi) is 4.16. The molecule has 7 heteroatoms. The fourth-order valence-electron chi connectivity index (χ4n) is 1.95. The van der Waals surface area contributed by atoms with Gasteiger partial charge in [-0.25, -0.2) is 8.42 Å². The monoisotopic (exact) mass is 287 g/mol. The maximum Gasteiger partial charge on any atom is 0.245 e. The molecule has 1 atom stereocenters. The van der Waals surface area contributed by atoms with Gasteiger partial charge in [-0.05, 0) is 12.1 Å². The van der Waals surface area contributed by atoms with Crippen LogP contribution in [0.2, 0.25) is 0 Å². The van der Waals surface area contributed by atoms with Crippen molar-refractivity contribution in [2.45, 2.75) is 17.1 Å². The normalized spacial score (nSPS) is 21.8. The molecule has 0 saturated carbocycles. The van der Waals surface area contributed by atoms with Crippen LogP contribution in [-0.4, -0.2) is 36.8 Å². The van der Waals surface area contributed by atoms with Crippen LogP contribution in [0.1, 0.15) is 6.92 Å². The number of para-hydroxylation sites is 1. The van der Waals surface area contributed by atoms with Crippen molar-refractivity contribution in [3.8, 4) is 0 Å². The van der Waals surface area contributed by atoms with Gasteiger partial charge >= 0.3 is 0 Å². The maximum absolute atomic E-state index is 12.5. The van der Waals surface area contributed by atoms with Crippen LogP contribution in [0, 0.1) is 0 Å². The topological polar surface area (TPSA) is 75.4 Å². The summed E-state index contributed by atoms with van der Waals surface area (Å²) in [7, 11) is -3.46. The summed E-state index contributed by atoms with van der Waals surface area (Å²) in [4.78, 5) is 0.242. The number of anilines is 1. The van der Waals surface area contributed by atoms with Gasteiger partial charge in [0.05, 0.1) is 5.69 Å². The molecule has 0 spiro atoms. The van der Waals surface area contributed by atoms with E-state index in [1.807, 2.05) is 6.92 Å². The second-order valence-corrected chi connectivity index (χ2v) is 7.64. The zero-order valence-electron chi connectivity index (χ0n) is 10.2. The molecular weight excluding hydrogens is 270 g/mol. The largest absolute Gasteiger partial charge is 0.323 e. The molecule has 0 aliphatic carbocycles. The molecule has 1 saturated heterocycles. The number of nitrogens with zero attached hydrogens (tertiary/aromatic N) is 1. The minimum absolute atomic E-state index is 0.242. The summed E-state index contributed by atoms with van der Waals surface area (Å²) >= 11 is 1.80. The summed E-state index contributed by atoms with van der Waals surface area (Å²) in [6, 6.07) is 6.70. The molecular formula is C11H17N3O2S2. The van der Waals surface area contributed by atoms with Gasteiger partial charge < -0.3 is 5.43 Å². The van der Waals surface area contributed by atoms with Crippen LogP contribution in [0.5, 0.6) is 0 Å². The summed E-state index contributed by atoms with van der Waals surface area (Å²) in [5, 5.41) is 0.325. The molecule has 100 valence electrons. The zero-order valence-corrected chi connectivity index (χ0v) is 11.8. The van der Waals surface area contributed by atoms with Crippen LogP contribution < -0.4 is 11.3 Å². The molecule has 0 aromatic heterocycles. The average Bonchev–Trinajstić information content (AvgIpc) is 2.38. The Bertz CT molecular complexity index is 519. The van der Waals surface area contributed by atoms with Crippen LogP contribution >= 0.6 is 11.8 Å². The quantitative estimate of drug-likeness (QED) is 0.643. The lowest BCUT2D eigenvalue weighted by molar-refractivity contribution is 0.424. The van der Waals surface area contributed by atoms with Crippen molar-refractivity contribution in [1.82, 2.24) is 4.31 Å².